The van der Waals surface area contributed by atoms with E-state index >= 15 is 0 Å². The molecule has 10 nitrogen and oxygen atoms in total. The molecule has 42 heavy (non-hydrogen) atoms. The predicted molar refractivity (Wildman–Crippen MR) is 164 cm³/mol. The Balaban J connectivity index is 1.51. The summed E-state index contributed by atoms with van der Waals surface area (Å²) in [5, 5.41) is 2.81. The van der Waals surface area contributed by atoms with Crippen LogP contribution in [0.15, 0.2) is 83.8 Å². The molecule has 0 aliphatic heterocycles. The van der Waals surface area contributed by atoms with E-state index < -0.39 is 32.7 Å². The second-order valence-electron chi connectivity index (χ2n) is 9.75. The number of hydrogen-bond donors (Lipinski definition) is 1. The Kier molecular flexibility index (Phi) is 12.2. The van der Waals surface area contributed by atoms with Gasteiger partial charge in [-0.3, -0.25) is 8.42 Å². The zero-order valence-electron chi connectivity index (χ0n) is 24.1. The van der Waals surface area contributed by atoms with Crippen LogP contribution in [0, 0.1) is 6.92 Å². The van der Waals surface area contributed by atoms with Gasteiger partial charge in [0.05, 0.1) is 6.61 Å². The lowest BCUT2D eigenvalue weighted by atomic mass is 10.2. The van der Waals surface area contributed by atoms with Crippen molar-refractivity contribution in [1.82, 2.24) is 0 Å². The first kappa shape index (κ1) is 32.9. The molecule has 1 unspecified atom stereocenters. The van der Waals surface area contributed by atoms with Crippen molar-refractivity contribution < 1.29 is 40.6 Å². The molecule has 3 rings (SSSR count). The maximum Gasteiger partial charge on any atom is 0.514 e. The van der Waals surface area contributed by atoms with E-state index in [2.05, 4.69) is 8.95 Å². The lowest BCUT2D eigenvalue weighted by Gasteiger charge is -2.25. The standard InChI is InChI=1S/C30H37NO9S2/c1-5-36-21-27(39-30(33)38-25-11-7-6-8-12-25)22-37-26-13-9-10-24(20-26)31-29(32)18-19-41(3,4)40-42(34,35)28-16-14-23(2)15-17-28/h6-17,20,27H,5,18-19,21-22H2,1-4H3,(H,31,32)/p+1. The normalized spacial score (nSPS) is 12.7. The zero-order valence-corrected chi connectivity index (χ0v) is 25.8. The van der Waals surface area contributed by atoms with E-state index in [0.717, 1.165) is 5.56 Å². The molecule has 0 aliphatic carbocycles. The fraction of sp³-hybridized carbons (Fsp3) is 0.333. The van der Waals surface area contributed by atoms with Gasteiger partial charge in [-0.05, 0) is 60.6 Å². The van der Waals surface area contributed by atoms with Crippen LogP contribution in [-0.4, -0.2) is 68.3 Å². The molecule has 0 bridgehead atoms. The van der Waals surface area contributed by atoms with Crippen molar-refractivity contribution in [3.8, 4) is 11.5 Å². The van der Waals surface area contributed by atoms with Crippen molar-refractivity contribution in [2.24, 2.45) is 0 Å². The Hall–Kier alpha value is -3.58. The number of nitrogens with one attached hydrogen (secondary N) is 1. The monoisotopic (exact) mass is 620 g/mol. The van der Waals surface area contributed by atoms with Crippen molar-refractivity contribution >= 4 is 38.2 Å². The first-order valence-electron chi connectivity index (χ1n) is 13.3. The van der Waals surface area contributed by atoms with E-state index in [0.29, 0.717) is 29.5 Å². The molecule has 0 radical (unpaired) electrons. The molecule has 0 saturated carbocycles. The number of carbonyl (C=O) groups excluding carboxylic acids is 2. The SMILES string of the molecule is CCOCC(COc1cccc(NC(=O)CCS(C)(C)[OH+]S(=O)(=O)c2ccc(C)cc2)c1)OC(=O)Oc1ccccc1. The summed E-state index contributed by atoms with van der Waals surface area (Å²) >= 11 is 0. The van der Waals surface area contributed by atoms with Crippen LogP contribution in [0.1, 0.15) is 18.9 Å². The van der Waals surface area contributed by atoms with Crippen LogP contribution in [0.2, 0.25) is 0 Å². The van der Waals surface area contributed by atoms with E-state index in [1.807, 2.05) is 13.8 Å². The smallest absolute Gasteiger partial charge is 0.490 e. The summed E-state index contributed by atoms with van der Waals surface area (Å²) in [6.45, 7) is 4.24. The summed E-state index contributed by atoms with van der Waals surface area (Å²) in [6.07, 6.45) is 2.01. The molecule has 3 aromatic rings. The third kappa shape index (κ3) is 11.4. The maximum atomic E-state index is 12.7. The first-order valence-corrected chi connectivity index (χ1v) is 17.3. The van der Waals surface area contributed by atoms with Gasteiger partial charge in [0, 0.05) is 43.0 Å². The molecule has 0 heterocycles. The molecule has 228 valence electrons. The molecule has 3 aromatic carbocycles. The van der Waals surface area contributed by atoms with Gasteiger partial charge >= 0.3 is 16.3 Å². The van der Waals surface area contributed by atoms with Crippen LogP contribution in [0.3, 0.4) is 0 Å². The van der Waals surface area contributed by atoms with Gasteiger partial charge in [-0.1, -0.05) is 42.0 Å². The largest absolute Gasteiger partial charge is 0.514 e. The molecule has 0 aliphatic rings. The van der Waals surface area contributed by atoms with Gasteiger partial charge in [-0.2, -0.15) is 0 Å². The van der Waals surface area contributed by atoms with E-state index in [9.17, 15) is 18.0 Å². The minimum Gasteiger partial charge on any atom is -0.490 e. The van der Waals surface area contributed by atoms with E-state index in [1.54, 1.807) is 79.2 Å². The highest BCUT2D eigenvalue weighted by molar-refractivity contribution is 8.31. The number of para-hydroxylation sites is 1. The highest BCUT2D eigenvalue weighted by atomic mass is 32.3. The molecule has 2 N–H and O–H groups in total. The molecule has 12 heteroatoms. The van der Waals surface area contributed by atoms with Crippen molar-refractivity contribution in [3.63, 3.8) is 0 Å². The van der Waals surface area contributed by atoms with Gasteiger partial charge < -0.3 is 24.3 Å². The van der Waals surface area contributed by atoms with Crippen LogP contribution < -0.4 is 14.8 Å². The number of hydrogen-bond acceptors (Lipinski definition) is 8. The number of ether oxygens (including phenoxy) is 4. The maximum absolute atomic E-state index is 12.7. The fourth-order valence-electron chi connectivity index (χ4n) is 3.59. The molecule has 0 spiro atoms. The van der Waals surface area contributed by atoms with E-state index in [1.165, 1.54) is 12.1 Å². The lowest BCUT2D eigenvalue weighted by molar-refractivity contribution is -0.115. The van der Waals surface area contributed by atoms with Gasteiger partial charge in [0.1, 0.15) is 23.0 Å². The van der Waals surface area contributed by atoms with Gasteiger partial charge in [-0.25, -0.2) is 4.79 Å². The van der Waals surface area contributed by atoms with Crippen molar-refractivity contribution in [3.05, 3.63) is 84.4 Å². The van der Waals surface area contributed by atoms with E-state index in [-0.39, 0.29) is 30.4 Å². The summed E-state index contributed by atoms with van der Waals surface area (Å²) in [4.78, 5) is 25.0. The highest BCUT2D eigenvalue weighted by Crippen LogP contribution is 2.42. The third-order valence-electron chi connectivity index (χ3n) is 5.72. The minimum atomic E-state index is -3.82. The Bertz CT molecular complexity index is 1410. The van der Waals surface area contributed by atoms with Gasteiger partial charge in [-0.15, -0.1) is 8.42 Å². The van der Waals surface area contributed by atoms with Crippen molar-refractivity contribution in [1.29, 1.82) is 0 Å². The van der Waals surface area contributed by atoms with Crippen molar-refractivity contribution in [2.75, 3.05) is 43.4 Å². The Morgan fingerprint density at radius 2 is 1.60 bits per heavy atom. The molecule has 1 atom stereocenters. The quantitative estimate of drug-likeness (QED) is 0.0979. The number of carbonyl (C=O) groups is 2. The first-order chi connectivity index (χ1) is 20.0. The predicted octanol–water partition coefficient (Wildman–Crippen LogP) is 5.78. The Morgan fingerprint density at radius 3 is 2.29 bits per heavy atom. The molecular weight excluding hydrogens is 582 g/mol. The third-order valence-corrected chi connectivity index (χ3v) is 10.2. The summed E-state index contributed by atoms with van der Waals surface area (Å²) in [6, 6.07) is 21.8. The number of rotatable bonds is 15. The molecule has 0 fully saturated rings. The second-order valence-corrected chi connectivity index (χ2v) is 15.1. The second kappa shape index (κ2) is 15.6. The average molecular weight is 621 g/mol. The van der Waals surface area contributed by atoms with Crippen molar-refractivity contribution in [2.45, 2.75) is 31.3 Å². The Morgan fingerprint density at radius 1 is 0.905 bits per heavy atom. The average Bonchev–Trinajstić information content (AvgIpc) is 2.94. The summed E-state index contributed by atoms with van der Waals surface area (Å²) in [5.74, 6) is 0.820. The van der Waals surface area contributed by atoms with Crippen LogP contribution in [0.4, 0.5) is 10.5 Å². The minimum absolute atomic E-state index is 0.00417. The summed E-state index contributed by atoms with van der Waals surface area (Å²) in [7, 11) is -5.79. The molecule has 0 aromatic heterocycles. The fourth-order valence-corrected chi connectivity index (χ4v) is 7.52. The number of aryl methyl sites for hydroxylation is 1. The van der Waals surface area contributed by atoms with Crippen LogP contribution >= 0.6 is 10.3 Å². The number of benzene rings is 3. The molecular formula is C30H38NO9S2+. The number of anilines is 1. The van der Waals surface area contributed by atoms with Crippen LogP contribution in [-0.2, 0) is 24.4 Å². The lowest BCUT2D eigenvalue weighted by Crippen LogP contribution is -2.31. The van der Waals surface area contributed by atoms with Gasteiger partial charge in [0.25, 0.3) is 0 Å². The van der Waals surface area contributed by atoms with E-state index in [4.69, 9.17) is 18.9 Å². The number of amides is 1. The summed E-state index contributed by atoms with van der Waals surface area (Å²) in [5.41, 5.74) is 1.45. The molecule has 0 saturated heterocycles. The van der Waals surface area contributed by atoms with Crippen LogP contribution in [0.25, 0.3) is 0 Å². The van der Waals surface area contributed by atoms with Gasteiger partial charge in [0.2, 0.25) is 5.91 Å². The highest BCUT2D eigenvalue weighted by Gasteiger charge is 2.30. The van der Waals surface area contributed by atoms with Gasteiger partial charge in [0.15, 0.2) is 6.10 Å². The summed E-state index contributed by atoms with van der Waals surface area (Å²) < 4.78 is 51.4. The topological polar surface area (TPSA) is 130 Å². The molecule has 1 amide bonds. The zero-order chi connectivity index (χ0) is 30.6. The van der Waals surface area contributed by atoms with Crippen LogP contribution in [0.5, 0.6) is 11.5 Å². The Labute approximate surface area is 248 Å².